The number of aromatic nitrogens is 3. The smallest absolute Gasteiger partial charge is 0.221 e. The minimum Gasteiger partial charge on any atom is -0.368 e. The third-order valence-corrected chi connectivity index (χ3v) is 1.46. The molecule has 1 aromatic heterocycles. The van der Waals surface area contributed by atoms with Crippen molar-refractivity contribution in [2.45, 2.75) is 33.6 Å². The average molecular weight is 170 g/mol. The fraction of sp³-hybridized carbons (Fsp3) is 0.750. The van der Waals surface area contributed by atoms with Crippen molar-refractivity contribution in [3.63, 3.8) is 0 Å². The van der Waals surface area contributed by atoms with Crippen LogP contribution in [0.5, 0.6) is 0 Å². The summed E-state index contributed by atoms with van der Waals surface area (Å²) < 4.78 is 1.80. The van der Waals surface area contributed by atoms with Crippen LogP contribution in [-0.4, -0.2) is 14.8 Å². The number of anilines is 1. The summed E-state index contributed by atoms with van der Waals surface area (Å²) >= 11 is 0. The van der Waals surface area contributed by atoms with Gasteiger partial charge in [-0.2, -0.15) is 0 Å². The molecule has 0 saturated heterocycles. The highest BCUT2D eigenvalue weighted by Crippen LogP contribution is 2.11. The third-order valence-electron chi connectivity index (χ3n) is 1.46. The molecule has 0 fully saturated rings. The molecular formula is C8H18N4. The van der Waals surface area contributed by atoms with Crippen molar-refractivity contribution in [1.29, 1.82) is 0 Å². The van der Waals surface area contributed by atoms with Gasteiger partial charge in [-0.05, 0) is 0 Å². The minimum absolute atomic E-state index is 0.384. The monoisotopic (exact) mass is 170 g/mol. The van der Waals surface area contributed by atoms with Gasteiger partial charge >= 0.3 is 0 Å². The zero-order valence-corrected chi connectivity index (χ0v) is 8.50. The predicted molar refractivity (Wildman–Crippen MR) is 50.9 cm³/mol. The van der Waals surface area contributed by atoms with Crippen molar-refractivity contribution in [2.75, 3.05) is 5.73 Å². The van der Waals surface area contributed by atoms with Crippen molar-refractivity contribution < 1.29 is 0 Å². The molecule has 0 unspecified atom stereocenters. The quantitative estimate of drug-likeness (QED) is 0.695. The lowest BCUT2D eigenvalue weighted by Gasteiger charge is -2.02. The van der Waals surface area contributed by atoms with Crippen LogP contribution < -0.4 is 5.73 Å². The topological polar surface area (TPSA) is 56.7 Å². The lowest BCUT2D eigenvalue weighted by atomic mass is 10.2. The van der Waals surface area contributed by atoms with Crippen molar-refractivity contribution in [3.05, 3.63) is 5.82 Å². The van der Waals surface area contributed by atoms with Crippen LogP contribution in [0.25, 0.3) is 0 Å². The molecule has 0 aliphatic carbocycles. The van der Waals surface area contributed by atoms with Crippen LogP contribution in [0.2, 0.25) is 0 Å². The lowest BCUT2D eigenvalue weighted by molar-refractivity contribution is 0.711. The first kappa shape index (κ1) is 10.9. The average Bonchev–Trinajstić information content (AvgIpc) is 2.37. The predicted octanol–water partition coefficient (Wildman–Crippen LogP) is 1.55. The van der Waals surface area contributed by atoms with Gasteiger partial charge in [-0.15, -0.1) is 10.2 Å². The molecular weight excluding hydrogens is 152 g/mol. The molecule has 0 spiro atoms. The third kappa shape index (κ3) is 2.22. The Morgan fingerprint density at radius 1 is 1.25 bits per heavy atom. The second-order valence-corrected chi connectivity index (χ2v) is 2.63. The van der Waals surface area contributed by atoms with Crippen LogP contribution in [0.15, 0.2) is 0 Å². The zero-order valence-electron chi connectivity index (χ0n) is 8.50. The number of hydrogen-bond donors (Lipinski definition) is 1. The minimum atomic E-state index is 0.384. The van der Waals surface area contributed by atoms with E-state index in [0.29, 0.717) is 11.9 Å². The number of nitrogens with zero attached hydrogens (tertiary/aromatic N) is 3. The maximum absolute atomic E-state index is 5.47. The summed E-state index contributed by atoms with van der Waals surface area (Å²) in [7, 11) is 1.87. The van der Waals surface area contributed by atoms with Gasteiger partial charge in [0.2, 0.25) is 5.95 Å². The van der Waals surface area contributed by atoms with Gasteiger partial charge in [0.25, 0.3) is 0 Å². The summed E-state index contributed by atoms with van der Waals surface area (Å²) in [6.45, 7) is 8.12. The van der Waals surface area contributed by atoms with Crippen LogP contribution in [0.4, 0.5) is 5.95 Å². The van der Waals surface area contributed by atoms with E-state index in [0.717, 1.165) is 5.82 Å². The Morgan fingerprint density at radius 3 is 1.92 bits per heavy atom. The molecule has 0 radical (unpaired) electrons. The summed E-state index contributed by atoms with van der Waals surface area (Å²) in [6.07, 6.45) is 0. The van der Waals surface area contributed by atoms with E-state index in [-0.39, 0.29) is 0 Å². The molecule has 4 heteroatoms. The van der Waals surface area contributed by atoms with E-state index >= 15 is 0 Å². The summed E-state index contributed by atoms with van der Waals surface area (Å²) in [5.74, 6) is 1.79. The number of nitrogens with two attached hydrogens (primary N) is 1. The molecule has 0 aromatic carbocycles. The Labute approximate surface area is 73.8 Å². The summed E-state index contributed by atoms with van der Waals surface area (Å²) in [5, 5.41) is 7.63. The first-order valence-electron chi connectivity index (χ1n) is 4.27. The van der Waals surface area contributed by atoms with Crippen molar-refractivity contribution in [1.82, 2.24) is 14.8 Å². The van der Waals surface area contributed by atoms with E-state index in [1.807, 2.05) is 20.9 Å². The normalized spacial score (nSPS) is 9.50. The Morgan fingerprint density at radius 2 is 1.75 bits per heavy atom. The highest BCUT2D eigenvalue weighted by molar-refractivity contribution is 5.17. The Hall–Kier alpha value is -1.06. The molecule has 2 N–H and O–H groups in total. The second-order valence-electron chi connectivity index (χ2n) is 2.63. The largest absolute Gasteiger partial charge is 0.368 e. The number of nitrogen functional groups attached to an aromatic ring is 1. The first-order valence-corrected chi connectivity index (χ1v) is 4.27. The van der Waals surface area contributed by atoms with Crippen LogP contribution in [0, 0.1) is 0 Å². The maximum Gasteiger partial charge on any atom is 0.221 e. The van der Waals surface area contributed by atoms with E-state index in [1.165, 1.54) is 0 Å². The van der Waals surface area contributed by atoms with E-state index in [9.17, 15) is 0 Å². The van der Waals surface area contributed by atoms with Gasteiger partial charge in [0, 0.05) is 13.0 Å². The molecule has 1 heterocycles. The van der Waals surface area contributed by atoms with Gasteiger partial charge in [0.15, 0.2) is 0 Å². The molecule has 0 bridgehead atoms. The molecule has 12 heavy (non-hydrogen) atoms. The first-order chi connectivity index (χ1) is 5.63. The summed E-state index contributed by atoms with van der Waals surface area (Å²) in [5.41, 5.74) is 5.47. The van der Waals surface area contributed by atoms with E-state index < -0.39 is 0 Å². The fourth-order valence-electron chi connectivity index (χ4n) is 0.857. The standard InChI is InChI=1S/C6H12N4.C2H6/c1-4(2)5-8-9-6(7)10(5)3;1-2/h4H,1-3H3,(H2,7,9);1-2H3. The second kappa shape index (κ2) is 4.74. The van der Waals surface area contributed by atoms with E-state index in [4.69, 9.17) is 5.73 Å². The highest BCUT2D eigenvalue weighted by Gasteiger charge is 2.07. The SMILES string of the molecule is CC.CC(C)c1nnc(N)n1C. The molecule has 0 aliphatic heterocycles. The van der Waals surface area contributed by atoms with Gasteiger partial charge in [-0.1, -0.05) is 27.7 Å². The summed E-state index contributed by atoms with van der Waals surface area (Å²) in [6, 6.07) is 0. The van der Waals surface area contributed by atoms with Crippen LogP contribution >= 0.6 is 0 Å². The van der Waals surface area contributed by atoms with Crippen molar-refractivity contribution in [3.8, 4) is 0 Å². The van der Waals surface area contributed by atoms with Crippen LogP contribution in [-0.2, 0) is 7.05 Å². The Bertz CT molecular complexity index is 227. The molecule has 0 amide bonds. The van der Waals surface area contributed by atoms with Gasteiger partial charge < -0.3 is 10.3 Å². The molecule has 1 rings (SSSR count). The Kier molecular flexibility index (Phi) is 4.33. The van der Waals surface area contributed by atoms with Gasteiger partial charge in [-0.3, -0.25) is 0 Å². The summed E-state index contributed by atoms with van der Waals surface area (Å²) in [4.78, 5) is 0. The molecule has 4 nitrogen and oxygen atoms in total. The molecule has 0 saturated carbocycles. The number of rotatable bonds is 1. The fourth-order valence-corrected chi connectivity index (χ4v) is 0.857. The van der Waals surface area contributed by atoms with Crippen molar-refractivity contribution in [2.24, 2.45) is 7.05 Å². The number of hydrogen-bond acceptors (Lipinski definition) is 3. The van der Waals surface area contributed by atoms with Gasteiger partial charge in [0.1, 0.15) is 5.82 Å². The van der Waals surface area contributed by atoms with Crippen molar-refractivity contribution >= 4 is 5.95 Å². The van der Waals surface area contributed by atoms with E-state index in [2.05, 4.69) is 24.0 Å². The van der Waals surface area contributed by atoms with Gasteiger partial charge in [-0.25, -0.2) is 0 Å². The molecule has 1 aromatic rings. The van der Waals surface area contributed by atoms with Crippen LogP contribution in [0.3, 0.4) is 0 Å². The molecule has 70 valence electrons. The van der Waals surface area contributed by atoms with Gasteiger partial charge in [0.05, 0.1) is 0 Å². The zero-order chi connectivity index (χ0) is 9.72. The Balaban J connectivity index is 0.000000561. The molecule has 0 atom stereocenters. The van der Waals surface area contributed by atoms with E-state index in [1.54, 1.807) is 4.57 Å². The van der Waals surface area contributed by atoms with Crippen LogP contribution in [0.1, 0.15) is 39.4 Å². The highest BCUT2D eigenvalue weighted by atomic mass is 15.3. The molecule has 0 aliphatic rings. The maximum atomic E-state index is 5.47. The lowest BCUT2D eigenvalue weighted by Crippen LogP contribution is -2.02.